The van der Waals surface area contributed by atoms with Gasteiger partial charge in [-0.15, -0.1) is 10.2 Å². The smallest absolute Gasteiger partial charge is 0.270 e. The van der Waals surface area contributed by atoms with E-state index < -0.39 is 10.8 Å². The lowest BCUT2D eigenvalue weighted by atomic mass is 9.89. The molecule has 31 heavy (non-hydrogen) atoms. The number of hydrogen-bond donors (Lipinski definition) is 2. The van der Waals surface area contributed by atoms with Crippen LogP contribution in [-0.4, -0.2) is 27.6 Å². The normalized spacial score (nSPS) is 11.4. The Bertz CT molecular complexity index is 1100. The molecule has 0 spiro atoms. The summed E-state index contributed by atoms with van der Waals surface area (Å²) < 4.78 is 0. The van der Waals surface area contributed by atoms with Crippen LogP contribution < -0.4 is 10.6 Å². The van der Waals surface area contributed by atoms with E-state index in [4.69, 9.17) is 0 Å². The molecule has 0 bridgehead atoms. The Kier molecular flexibility index (Phi) is 7.23. The Morgan fingerprint density at radius 2 is 1.90 bits per heavy atom. The summed E-state index contributed by atoms with van der Waals surface area (Å²) in [6.45, 7) is 8.55. The van der Waals surface area contributed by atoms with Gasteiger partial charge in [-0.05, 0) is 23.6 Å². The molecule has 1 aromatic heterocycles. The molecule has 9 heteroatoms. The lowest BCUT2D eigenvalue weighted by Crippen LogP contribution is -2.11. The number of carbonyl (C=O) groups is 1. The zero-order valence-corrected chi connectivity index (χ0v) is 17.5. The first-order chi connectivity index (χ1) is 15.0. The molecular formula is C22H21N5O3S. The molecule has 2 aromatic carbocycles. The van der Waals surface area contributed by atoms with E-state index in [0.29, 0.717) is 16.8 Å². The van der Waals surface area contributed by atoms with Crippen molar-refractivity contribution in [1.29, 1.82) is 0 Å². The SMILES string of the molecule is C=CC(=C)C(CCNc1nnc(NC(=O)c2cccc([N+](=O)[O-])c2)s1)c1ccccc1. The minimum absolute atomic E-state index is 0.132. The van der Waals surface area contributed by atoms with E-state index in [-0.39, 0.29) is 17.2 Å². The fraction of sp³-hybridized carbons (Fsp3) is 0.136. The Morgan fingerprint density at radius 1 is 1.16 bits per heavy atom. The molecule has 1 unspecified atom stereocenters. The van der Waals surface area contributed by atoms with Gasteiger partial charge in [0.15, 0.2) is 0 Å². The summed E-state index contributed by atoms with van der Waals surface area (Å²) in [5, 5.41) is 25.5. The third-order valence-electron chi connectivity index (χ3n) is 4.59. The largest absolute Gasteiger partial charge is 0.360 e. The second-order valence-electron chi connectivity index (χ2n) is 6.63. The number of benzene rings is 2. The molecule has 0 aliphatic rings. The standard InChI is InChI=1S/C22H21N5O3S/c1-3-15(2)19(16-8-5-4-6-9-16)12-13-23-21-25-26-22(31-21)24-20(28)17-10-7-11-18(14-17)27(29)30/h3-11,14,19H,1-2,12-13H2,(H,23,25)(H,24,26,28). The van der Waals surface area contributed by atoms with Crippen LogP contribution in [0, 0.1) is 10.1 Å². The van der Waals surface area contributed by atoms with Gasteiger partial charge in [0, 0.05) is 30.2 Å². The van der Waals surface area contributed by atoms with Crippen molar-refractivity contribution in [3.63, 3.8) is 0 Å². The average molecular weight is 436 g/mol. The maximum absolute atomic E-state index is 12.3. The fourth-order valence-electron chi connectivity index (χ4n) is 2.99. The van der Waals surface area contributed by atoms with Crippen molar-refractivity contribution < 1.29 is 9.72 Å². The van der Waals surface area contributed by atoms with E-state index in [2.05, 4.69) is 46.1 Å². The van der Waals surface area contributed by atoms with Crippen molar-refractivity contribution in [2.75, 3.05) is 17.2 Å². The van der Waals surface area contributed by atoms with Gasteiger partial charge >= 0.3 is 0 Å². The molecule has 0 aliphatic carbocycles. The van der Waals surface area contributed by atoms with Crippen LogP contribution in [0.2, 0.25) is 0 Å². The third kappa shape index (κ3) is 5.83. The molecule has 0 radical (unpaired) electrons. The van der Waals surface area contributed by atoms with Crippen LogP contribution in [-0.2, 0) is 0 Å². The number of nitrogens with zero attached hydrogens (tertiary/aromatic N) is 3. The zero-order valence-electron chi connectivity index (χ0n) is 16.7. The highest BCUT2D eigenvalue weighted by molar-refractivity contribution is 7.19. The molecule has 0 saturated carbocycles. The number of hydrogen-bond acceptors (Lipinski definition) is 7. The second-order valence-corrected chi connectivity index (χ2v) is 7.61. The van der Waals surface area contributed by atoms with E-state index in [0.717, 1.165) is 17.6 Å². The number of nitro benzene ring substituents is 1. The summed E-state index contributed by atoms with van der Waals surface area (Å²) in [6, 6.07) is 15.6. The molecule has 0 saturated heterocycles. The summed E-state index contributed by atoms with van der Waals surface area (Å²) in [6.07, 6.45) is 2.55. The molecule has 0 aliphatic heterocycles. The Hall–Kier alpha value is -3.85. The lowest BCUT2D eigenvalue weighted by molar-refractivity contribution is -0.384. The summed E-state index contributed by atoms with van der Waals surface area (Å²) in [5.41, 5.74) is 2.13. The molecule has 1 heterocycles. The number of rotatable bonds is 10. The number of non-ortho nitro benzene ring substituents is 1. The van der Waals surface area contributed by atoms with Crippen LogP contribution >= 0.6 is 11.3 Å². The first-order valence-corrected chi connectivity index (χ1v) is 10.3. The molecule has 158 valence electrons. The molecule has 2 N–H and O–H groups in total. The number of allylic oxidation sites excluding steroid dienone is 2. The topological polar surface area (TPSA) is 110 Å². The van der Waals surface area contributed by atoms with E-state index >= 15 is 0 Å². The maximum Gasteiger partial charge on any atom is 0.270 e. The number of anilines is 2. The van der Waals surface area contributed by atoms with Crippen molar-refractivity contribution in [2.24, 2.45) is 0 Å². The minimum atomic E-state index is -0.548. The third-order valence-corrected chi connectivity index (χ3v) is 5.38. The molecule has 8 nitrogen and oxygen atoms in total. The first kappa shape index (κ1) is 21.8. The van der Waals surface area contributed by atoms with Crippen molar-refractivity contribution in [3.8, 4) is 0 Å². The number of nitrogens with one attached hydrogen (secondary N) is 2. The Balaban J connectivity index is 1.58. The van der Waals surface area contributed by atoms with Gasteiger partial charge in [0.2, 0.25) is 10.3 Å². The summed E-state index contributed by atoms with van der Waals surface area (Å²) in [5.74, 6) is -0.356. The highest BCUT2D eigenvalue weighted by Gasteiger charge is 2.15. The van der Waals surface area contributed by atoms with Crippen LogP contribution in [0.25, 0.3) is 0 Å². The Labute approximate surface area is 183 Å². The number of aromatic nitrogens is 2. The van der Waals surface area contributed by atoms with Gasteiger partial charge in [0.05, 0.1) is 4.92 Å². The van der Waals surface area contributed by atoms with E-state index in [9.17, 15) is 14.9 Å². The van der Waals surface area contributed by atoms with Gasteiger partial charge in [0.25, 0.3) is 11.6 Å². The quantitative estimate of drug-likeness (QED) is 0.263. The average Bonchev–Trinajstić information content (AvgIpc) is 3.24. The fourth-order valence-corrected chi connectivity index (χ4v) is 3.66. The predicted octanol–water partition coefficient (Wildman–Crippen LogP) is 5.03. The van der Waals surface area contributed by atoms with Gasteiger partial charge in [0.1, 0.15) is 0 Å². The van der Waals surface area contributed by atoms with E-state index in [1.54, 1.807) is 6.08 Å². The number of nitro groups is 1. The number of amides is 1. The summed E-state index contributed by atoms with van der Waals surface area (Å²) >= 11 is 1.19. The van der Waals surface area contributed by atoms with Gasteiger partial charge in [-0.3, -0.25) is 20.2 Å². The molecular weight excluding hydrogens is 414 g/mol. The van der Waals surface area contributed by atoms with E-state index in [1.807, 2.05) is 18.2 Å². The maximum atomic E-state index is 12.3. The molecule has 1 atom stereocenters. The van der Waals surface area contributed by atoms with Gasteiger partial charge in [-0.25, -0.2) is 0 Å². The highest BCUT2D eigenvalue weighted by Crippen LogP contribution is 2.28. The van der Waals surface area contributed by atoms with Crippen LogP contribution in [0.5, 0.6) is 0 Å². The van der Waals surface area contributed by atoms with Crippen molar-refractivity contribution in [3.05, 3.63) is 101 Å². The van der Waals surface area contributed by atoms with Gasteiger partial charge in [-0.2, -0.15) is 0 Å². The number of carbonyl (C=O) groups excluding carboxylic acids is 1. The van der Waals surface area contributed by atoms with Gasteiger partial charge < -0.3 is 5.32 Å². The molecule has 3 rings (SSSR count). The van der Waals surface area contributed by atoms with Crippen LogP contribution in [0.4, 0.5) is 16.0 Å². The van der Waals surface area contributed by atoms with Crippen molar-refractivity contribution in [2.45, 2.75) is 12.3 Å². The van der Waals surface area contributed by atoms with Crippen LogP contribution in [0.3, 0.4) is 0 Å². The Morgan fingerprint density at radius 3 is 2.61 bits per heavy atom. The molecule has 3 aromatic rings. The van der Waals surface area contributed by atoms with E-state index in [1.165, 1.54) is 35.6 Å². The van der Waals surface area contributed by atoms with Gasteiger partial charge in [-0.1, -0.05) is 67.0 Å². The summed E-state index contributed by atoms with van der Waals surface area (Å²) in [4.78, 5) is 22.7. The lowest BCUT2D eigenvalue weighted by Gasteiger charge is -2.18. The minimum Gasteiger partial charge on any atom is -0.360 e. The second kappa shape index (κ2) is 10.3. The first-order valence-electron chi connectivity index (χ1n) is 9.47. The van der Waals surface area contributed by atoms with Crippen molar-refractivity contribution in [1.82, 2.24) is 10.2 Å². The highest BCUT2D eigenvalue weighted by atomic mass is 32.1. The van der Waals surface area contributed by atoms with Crippen molar-refractivity contribution >= 4 is 33.2 Å². The molecule has 1 amide bonds. The van der Waals surface area contributed by atoms with Crippen LogP contribution in [0.15, 0.2) is 79.4 Å². The monoisotopic (exact) mass is 435 g/mol. The summed E-state index contributed by atoms with van der Waals surface area (Å²) in [7, 11) is 0. The zero-order chi connectivity index (χ0) is 22.2. The predicted molar refractivity (Wildman–Crippen MR) is 123 cm³/mol. The molecule has 0 fully saturated rings. The van der Waals surface area contributed by atoms with Crippen LogP contribution in [0.1, 0.15) is 28.3 Å².